The van der Waals surface area contributed by atoms with Gasteiger partial charge in [-0.2, -0.15) is 0 Å². The van der Waals surface area contributed by atoms with Crippen LogP contribution in [0.2, 0.25) is 0 Å². The Hall–Kier alpha value is -15.3. The third-order valence-corrected chi connectivity index (χ3v) is 27.7. The van der Waals surface area contributed by atoms with Gasteiger partial charge in [0, 0.05) is 5.41 Å². The van der Waals surface area contributed by atoms with E-state index in [1.165, 1.54) is 274 Å². The number of hydrogen-bond acceptors (Lipinski definition) is 0. The quantitative estimate of drug-likeness (QED) is 0.115. The number of hydrogen-bond donors (Lipinski definition) is 0. The van der Waals surface area contributed by atoms with Crippen molar-refractivity contribution in [1.29, 1.82) is 0 Å². The Bertz CT molecular complexity index is 8030. The summed E-state index contributed by atoms with van der Waals surface area (Å²) in [5.74, 6) is 0. The second-order valence-electron chi connectivity index (χ2n) is 34.3. The van der Waals surface area contributed by atoms with E-state index in [4.69, 9.17) is 0 Å². The zero-order valence-electron chi connectivity index (χ0n) is 66.8. The highest BCUT2D eigenvalue weighted by molar-refractivity contribution is 6.29. The van der Waals surface area contributed by atoms with E-state index >= 15 is 0 Å². The standard InChI is InChI=1S/C47H30.C38H22.C36H22/c1-47(2)41-25-33(35-19-13-31-11-9-27-5-3-7-29-15-23-39(35)45(31)43(27)29)17-21-37(41)38-22-18-34(26-42(38)47)36-20-14-32-12-10-28-6-4-8-30-16-24-40(36)46(32)44(28)30;1-5-25-7-3-11-33-35-21-27(17-19-29(35)31(9-1)37(25)33)23-13-15-24(16-14-23)28-18-20-30-32-10-2-6-26-8-4-12-34(38(26)32)36(30)22-28;1-3-11-23(12-4-1)35-26-17-7-8-18-27(26)36(24-13-5-2-6-14-24)33-22-31-29-20-10-16-25-15-9-19-28(34(25)29)30(31)21-32(33)35/h3-26H,1-2H3;1-22H;1-22H. The molecule has 4 aliphatic rings. The fraction of sp³-hybridized carbons (Fsp3) is 0.0248. The molecule has 121 heavy (non-hydrogen) atoms. The van der Waals surface area contributed by atoms with E-state index in [0.29, 0.717) is 0 Å². The Balaban J connectivity index is 0.0000000990. The van der Waals surface area contributed by atoms with Crippen molar-refractivity contribution in [2.45, 2.75) is 19.3 Å². The molecule has 0 unspecified atom stereocenters. The van der Waals surface area contributed by atoms with Crippen molar-refractivity contribution in [3.63, 3.8) is 0 Å². The molecular formula is C121H74. The molecule has 0 nitrogen and oxygen atoms in total. The molecule has 0 radical (unpaired) electrons. The van der Waals surface area contributed by atoms with Crippen LogP contribution >= 0.6 is 0 Å². The van der Waals surface area contributed by atoms with Crippen LogP contribution in [0.4, 0.5) is 0 Å². The Labute approximate surface area is 701 Å². The van der Waals surface area contributed by atoms with Gasteiger partial charge in [0.15, 0.2) is 0 Å². The third kappa shape index (κ3) is 10.0. The van der Waals surface area contributed by atoms with E-state index in [9.17, 15) is 0 Å². The Morgan fingerprint density at radius 2 is 0.405 bits per heavy atom. The third-order valence-electron chi connectivity index (χ3n) is 27.7. The number of fused-ring (bicyclic) bond motifs is 14. The molecule has 0 amide bonds. The summed E-state index contributed by atoms with van der Waals surface area (Å²) in [6.07, 6.45) is 0. The SMILES string of the molecule is CC1(C)c2cc(-c3ccc4ccc5cccc6ccc3c4c56)ccc2-c2ccc(-c3ccc4ccc5cccc6ccc3c4c56)cc21.c1cc2c3c(cccc3c1)-c1cc(-c3ccc(-c4ccc5c(c4)-c4cccc6cccc-5c46)cc3)ccc1-2.c1ccc(-c2c3ccccc3c(-c3ccccc3)c3cc4c(cc23)-c2cccc3cccc-4c23)cc1. The molecular weight excluding hydrogens is 1450 g/mol. The zero-order valence-corrected chi connectivity index (χ0v) is 66.8. The van der Waals surface area contributed by atoms with Crippen LogP contribution in [0.5, 0.6) is 0 Å². The maximum Gasteiger partial charge on any atom is 0.0159 e. The molecule has 0 heterocycles. The van der Waals surface area contributed by atoms with Crippen molar-refractivity contribution in [3.05, 3.63) is 424 Å². The fourth-order valence-corrected chi connectivity index (χ4v) is 22.1. The predicted molar refractivity (Wildman–Crippen MR) is 518 cm³/mol. The van der Waals surface area contributed by atoms with Crippen LogP contribution in [-0.2, 0) is 5.41 Å². The molecule has 0 spiro atoms. The summed E-state index contributed by atoms with van der Waals surface area (Å²) in [6, 6.07) is 154. The van der Waals surface area contributed by atoms with Gasteiger partial charge >= 0.3 is 0 Å². The van der Waals surface area contributed by atoms with Gasteiger partial charge in [-0.25, -0.2) is 0 Å². The summed E-state index contributed by atoms with van der Waals surface area (Å²) >= 11 is 0. The Morgan fingerprint density at radius 3 is 0.777 bits per heavy atom. The minimum Gasteiger partial charge on any atom is -0.0622 e. The normalized spacial score (nSPS) is 12.8. The molecule has 0 bridgehead atoms. The van der Waals surface area contributed by atoms with E-state index in [-0.39, 0.29) is 5.41 Å². The number of benzene rings is 24. The molecule has 0 saturated carbocycles. The van der Waals surface area contributed by atoms with Crippen molar-refractivity contribution in [1.82, 2.24) is 0 Å². The lowest BCUT2D eigenvalue weighted by atomic mass is 9.80. The van der Waals surface area contributed by atoms with E-state index in [1.54, 1.807) is 0 Å². The molecule has 0 heteroatoms. The summed E-state index contributed by atoms with van der Waals surface area (Å²) in [7, 11) is 0. The predicted octanol–water partition coefficient (Wildman–Crippen LogP) is 33.9. The first-order chi connectivity index (χ1) is 59.8. The molecule has 0 aromatic heterocycles. The molecule has 24 aromatic rings. The molecule has 24 aromatic carbocycles. The minimum atomic E-state index is -0.121. The smallest absolute Gasteiger partial charge is 0.0159 e. The van der Waals surface area contributed by atoms with Crippen molar-refractivity contribution >= 4 is 118 Å². The first kappa shape index (κ1) is 67.8. The van der Waals surface area contributed by atoms with Crippen LogP contribution in [0.25, 0.3) is 263 Å². The summed E-state index contributed by atoms with van der Waals surface area (Å²) in [4.78, 5) is 0. The highest BCUT2D eigenvalue weighted by Gasteiger charge is 2.37. The maximum atomic E-state index is 2.47. The molecule has 0 fully saturated rings. The lowest BCUT2D eigenvalue weighted by molar-refractivity contribution is 0.661. The second-order valence-corrected chi connectivity index (χ2v) is 34.3. The van der Waals surface area contributed by atoms with Gasteiger partial charge in [0.1, 0.15) is 0 Å². The molecule has 558 valence electrons. The summed E-state index contributed by atoms with van der Waals surface area (Å²) in [5, 5.41) is 29.3. The molecule has 4 aliphatic carbocycles. The van der Waals surface area contributed by atoms with Crippen molar-refractivity contribution in [3.8, 4) is 145 Å². The lowest BCUT2D eigenvalue weighted by Gasteiger charge is -2.23. The molecule has 28 rings (SSSR count). The van der Waals surface area contributed by atoms with E-state index in [0.717, 1.165) is 0 Å². The van der Waals surface area contributed by atoms with Crippen LogP contribution < -0.4 is 0 Å². The van der Waals surface area contributed by atoms with Gasteiger partial charge < -0.3 is 0 Å². The summed E-state index contributed by atoms with van der Waals surface area (Å²) in [6.45, 7) is 4.80. The first-order valence-electron chi connectivity index (χ1n) is 42.5. The second kappa shape index (κ2) is 25.8. The van der Waals surface area contributed by atoms with Crippen LogP contribution in [0.1, 0.15) is 25.0 Å². The van der Waals surface area contributed by atoms with Gasteiger partial charge in [0.2, 0.25) is 0 Å². The van der Waals surface area contributed by atoms with Gasteiger partial charge in [-0.3, -0.25) is 0 Å². The molecule has 0 atom stereocenters. The van der Waals surface area contributed by atoms with Gasteiger partial charge in [0.05, 0.1) is 0 Å². The fourth-order valence-electron chi connectivity index (χ4n) is 22.1. The monoisotopic (exact) mass is 1530 g/mol. The molecule has 0 N–H and O–H groups in total. The van der Waals surface area contributed by atoms with Gasteiger partial charge in [-0.15, -0.1) is 0 Å². The lowest BCUT2D eigenvalue weighted by Crippen LogP contribution is -2.15. The molecule has 0 saturated heterocycles. The van der Waals surface area contributed by atoms with E-state index in [1.807, 2.05) is 0 Å². The summed E-state index contributed by atoms with van der Waals surface area (Å²) in [5.41, 5.74) is 36.8. The summed E-state index contributed by atoms with van der Waals surface area (Å²) < 4.78 is 0. The van der Waals surface area contributed by atoms with Crippen molar-refractivity contribution in [2.24, 2.45) is 0 Å². The Kier molecular flexibility index (Phi) is 14.5. The minimum absolute atomic E-state index is 0.121. The van der Waals surface area contributed by atoms with Gasteiger partial charge in [-0.05, 0) is 311 Å². The van der Waals surface area contributed by atoms with E-state index < -0.39 is 0 Å². The van der Waals surface area contributed by atoms with Gasteiger partial charge in [0.25, 0.3) is 0 Å². The van der Waals surface area contributed by atoms with Crippen LogP contribution in [0.15, 0.2) is 413 Å². The zero-order chi connectivity index (χ0) is 79.5. The molecule has 0 aliphatic heterocycles. The maximum absolute atomic E-state index is 2.47. The first-order valence-corrected chi connectivity index (χ1v) is 42.5. The van der Waals surface area contributed by atoms with Crippen LogP contribution in [-0.4, -0.2) is 0 Å². The number of rotatable bonds is 6. The van der Waals surface area contributed by atoms with Crippen LogP contribution in [0, 0.1) is 0 Å². The van der Waals surface area contributed by atoms with Crippen LogP contribution in [0.3, 0.4) is 0 Å². The van der Waals surface area contributed by atoms with Crippen molar-refractivity contribution < 1.29 is 0 Å². The van der Waals surface area contributed by atoms with Gasteiger partial charge in [-0.1, -0.05) is 390 Å². The van der Waals surface area contributed by atoms with E-state index in [2.05, 4.69) is 426 Å². The average molecular weight is 1530 g/mol. The highest BCUT2D eigenvalue weighted by atomic mass is 14.4. The Morgan fingerprint density at radius 1 is 0.132 bits per heavy atom. The highest BCUT2D eigenvalue weighted by Crippen LogP contribution is 2.57. The average Bonchev–Trinajstić information content (AvgIpc) is 1.35. The van der Waals surface area contributed by atoms with Crippen molar-refractivity contribution in [2.75, 3.05) is 0 Å². The largest absolute Gasteiger partial charge is 0.0622 e. The topological polar surface area (TPSA) is 0 Å².